The number of benzene rings is 2. The summed E-state index contributed by atoms with van der Waals surface area (Å²) < 4.78 is 18.9. The smallest absolute Gasteiger partial charge is 0.165 e. The Morgan fingerprint density at radius 1 is 1.10 bits per heavy atom. The Labute approximate surface area is 134 Å². The minimum atomic E-state index is -0.340. The molecule has 0 fully saturated rings. The van der Waals surface area contributed by atoms with Gasteiger partial charge in [0.05, 0.1) is 11.9 Å². The van der Waals surface area contributed by atoms with Crippen LogP contribution in [0.4, 0.5) is 4.39 Å². The molecule has 21 heavy (non-hydrogen) atoms. The fraction of sp³-hybridized carbons (Fsp3) is 0.333. The quantitative estimate of drug-likeness (QED) is 0.653. The lowest BCUT2D eigenvalue weighted by Gasteiger charge is -2.25. The van der Waals surface area contributed by atoms with E-state index in [-0.39, 0.29) is 21.8 Å². The van der Waals surface area contributed by atoms with Crippen molar-refractivity contribution in [2.75, 3.05) is 7.11 Å². The second kappa shape index (κ2) is 6.18. The number of hydrogen-bond acceptors (Lipinski definition) is 1. The minimum Gasteiger partial charge on any atom is -0.494 e. The predicted octanol–water partition coefficient (Wildman–Crippen LogP) is 5.62. The Balaban J connectivity index is 2.45. The summed E-state index contributed by atoms with van der Waals surface area (Å²) >= 11 is 3.71. The average molecular weight is 351 g/mol. The first-order chi connectivity index (χ1) is 9.84. The maximum Gasteiger partial charge on any atom is 0.165 e. The molecule has 3 heteroatoms. The molecule has 2 aromatic carbocycles. The zero-order valence-corrected chi connectivity index (χ0v) is 14.4. The van der Waals surface area contributed by atoms with E-state index in [1.165, 1.54) is 18.7 Å². The molecule has 1 atom stereocenters. The highest BCUT2D eigenvalue weighted by Gasteiger charge is 2.22. The third-order valence-corrected chi connectivity index (χ3v) is 4.53. The Morgan fingerprint density at radius 2 is 1.76 bits per heavy atom. The second-order valence-corrected chi connectivity index (χ2v) is 7.01. The number of rotatable bonds is 3. The third-order valence-electron chi connectivity index (χ3n) is 3.51. The van der Waals surface area contributed by atoms with Gasteiger partial charge in [0, 0.05) is 0 Å². The van der Waals surface area contributed by atoms with Crippen molar-refractivity contribution >= 4 is 15.9 Å². The summed E-state index contributed by atoms with van der Waals surface area (Å²) in [4.78, 5) is -0.0478. The van der Waals surface area contributed by atoms with Crippen molar-refractivity contribution in [2.24, 2.45) is 0 Å². The monoisotopic (exact) mass is 350 g/mol. The van der Waals surface area contributed by atoms with Crippen LogP contribution in [0.25, 0.3) is 0 Å². The Hall–Kier alpha value is -1.35. The normalized spacial score (nSPS) is 13.0. The summed E-state index contributed by atoms with van der Waals surface area (Å²) in [6.45, 7) is 6.54. The highest BCUT2D eigenvalue weighted by atomic mass is 79.9. The van der Waals surface area contributed by atoms with Gasteiger partial charge in [0.25, 0.3) is 0 Å². The van der Waals surface area contributed by atoms with Gasteiger partial charge in [0.2, 0.25) is 0 Å². The first kappa shape index (κ1) is 16.0. The van der Waals surface area contributed by atoms with Crippen molar-refractivity contribution in [3.05, 3.63) is 65.0 Å². The molecule has 0 N–H and O–H groups in total. The molecule has 0 saturated heterocycles. The Bertz CT molecular complexity index is 631. The molecular weight excluding hydrogens is 331 g/mol. The van der Waals surface area contributed by atoms with Crippen LogP contribution in [0.3, 0.4) is 0 Å². The van der Waals surface area contributed by atoms with Gasteiger partial charge in [-0.15, -0.1) is 0 Å². The van der Waals surface area contributed by atoms with E-state index in [0.717, 1.165) is 11.1 Å². The molecule has 0 amide bonds. The molecule has 0 radical (unpaired) electrons. The lowest BCUT2D eigenvalue weighted by molar-refractivity contribution is 0.386. The van der Waals surface area contributed by atoms with Crippen LogP contribution in [0.15, 0.2) is 42.5 Å². The van der Waals surface area contributed by atoms with E-state index in [1.807, 2.05) is 18.2 Å². The van der Waals surface area contributed by atoms with Gasteiger partial charge in [-0.05, 0) is 34.2 Å². The average Bonchev–Trinajstić information content (AvgIpc) is 2.45. The van der Waals surface area contributed by atoms with Crippen molar-refractivity contribution in [1.29, 1.82) is 0 Å². The number of ether oxygens (including phenoxy) is 1. The van der Waals surface area contributed by atoms with Crippen LogP contribution in [0.5, 0.6) is 5.75 Å². The van der Waals surface area contributed by atoms with Gasteiger partial charge >= 0.3 is 0 Å². The van der Waals surface area contributed by atoms with Crippen LogP contribution in [0.2, 0.25) is 0 Å². The summed E-state index contributed by atoms with van der Waals surface area (Å²) in [6, 6.07) is 13.3. The maximum absolute atomic E-state index is 13.9. The van der Waals surface area contributed by atoms with E-state index in [2.05, 4.69) is 48.8 Å². The Morgan fingerprint density at radius 3 is 2.33 bits per heavy atom. The largest absolute Gasteiger partial charge is 0.494 e. The molecule has 112 valence electrons. The molecule has 2 aromatic rings. The lowest BCUT2D eigenvalue weighted by atomic mass is 9.82. The van der Waals surface area contributed by atoms with E-state index >= 15 is 0 Å². The summed E-state index contributed by atoms with van der Waals surface area (Å²) in [5.74, 6) is -0.0738. The predicted molar refractivity (Wildman–Crippen MR) is 88.9 cm³/mol. The van der Waals surface area contributed by atoms with Gasteiger partial charge in [0.15, 0.2) is 11.6 Å². The molecule has 0 heterocycles. The first-order valence-electron chi connectivity index (χ1n) is 6.91. The van der Waals surface area contributed by atoms with Gasteiger partial charge in [-0.3, -0.25) is 0 Å². The molecular formula is C18H20BrFO. The SMILES string of the molecule is COc1ccc(C(Br)c2ccccc2C(C)(C)C)cc1F. The van der Waals surface area contributed by atoms with Crippen molar-refractivity contribution in [3.63, 3.8) is 0 Å². The zero-order valence-electron chi connectivity index (χ0n) is 12.8. The van der Waals surface area contributed by atoms with Crippen molar-refractivity contribution in [3.8, 4) is 5.75 Å². The van der Waals surface area contributed by atoms with Crippen LogP contribution in [-0.4, -0.2) is 7.11 Å². The van der Waals surface area contributed by atoms with Crippen molar-refractivity contribution < 1.29 is 9.13 Å². The molecule has 2 rings (SSSR count). The summed E-state index contributed by atoms with van der Waals surface area (Å²) in [7, 11) is 1.47. The van der Waals surface area contributed by atoms with Gasteiger partial charge in [-0.25, -0.2) is 4.39 Å². The van der Waals surface area contributed by atoms with E-state index in [4.69, 9.17) is 4.74 Å². The van der Waals surface area contributed by atoms with Crippen LogP contribution in [0.1, 0.15) is 42.3 Å². The zero-order chi connectivity index (χ0) is 15.6. The van der Waals surface area contributed by atoms with Crippen LogP contribution in [0, 0.1) is 5.82 Å². The van der Waals surface area contributed by atoms with Gasteiger partial charge < -0.3 is 4.74 Å². The molecule has 0 aliphatic rings. The van der Waals surface area contributed by atoms with E-state index in [1.54, 1.807) is 6.07 Å². The minimum absolute atomic E-state index is 0.0353. The molecule has 0 saturated carbocycles. The van der Waals surface area contributed by atoms with Gasteiger partial charge in [-0.2, -0.15) is 0 Å². The molecule has 1 nitrogen and oxygen atoms in total. The molecule has 0 aromatic heterocycles. The Kier molecular flexibility index (Phi) is 4.72. The third kappa shape index (κ3) is 3.46. The molecule has 0 aliphatic carbocycles. The second-order valence-electron chi connectivity index (χ2n) is 6.09. The number of alkyl halides is 1. The van der Waals surface area contributed by atoms with Crippen molar-refractivity contribution in [1.82, 2.24) is 0 Å². The summed E-state index contributed by atoms with van der Waals surface area (Å²) in [5.41, 5.74) is 3.33. The van der Waals surface area contributed by atoms with Crippen molar-refractivity contribution in [2.45, 2.75) is 31.0 Å². The summed E-state index contributed by atoms with van der Waals surface area (Å²) in [5, 5.41) is 0. The van der Waals surface area contributed by atoms with E-state index in [0.29, 0.717) is 0 Å². The number of methoxy groups -OCH3 is 1. The number of hydrogen-bond donors (Lipinski definition) is 0. The van der Waals surface area contributed by atoms with Gasteiger partial charge in [0.1, 0.15) is 0 Å². The first-order valence-corrected chi connectivity index (χ1v) is 7.83. The maximum atomic E-state index is 13.9. The molecule has 1 unspecified atom stereocenters. The molecule has 0 spiro atoms. The molecule has 0 bridgehead atoms. The topological polar surface area (TPSA) is 9.23 Å². The highest BCUT2D eigenvalue weighted by Crippen LogP contribution is 2.38. The fourth-order valence-electron chi connectivity index (χ4n) is 2.42. The fourth-order valence-corrected chi connectivity index (χ4v) is 3.10. The highest BCUT2D eigenvalue weighted by molar-refractivity contribution is 9.09. The standard InChI is InChI=1S/C18H20BrFO/c1-18(2,3)14-8-6-5-7-13(14)17(19)12-9-10-16(21-4)15(20)11-12/h5-11,17H,1-4H3. The van der Waals surface area contributed by atoms with E-state index < -0.39 is 0 Å². The molecule has 0 aliphatic heterocycles. The van der Waals surface area contributed by atoms with Crippen LogP contribution < -0.4 is 4.74 Å². The van der Waals surface area contributed by atoms with Gasteiger partial charge in [-0.1, -0.05) is 67.0 Å². The lowest BCUT2D eigenvalue weighted by Crippen LogP contribution is -2.15. The van der Waals surface area contributed by atoms with Crippen LogP contribution in [-0.2, 0) is 5.41 Å². The summed E-state index contributed by atoms with van der Waals surface area (Å²) in [6.07, 6.45) is 0. The van der Waals surface area contributed by atoms with Crippen LogP contribution >= 0.6 is 15.9 Å². The van der Waals surface area contributed by atoms with E-state index in [9.17, 15) is 4.39 Å². The number of halogens is 2.